The summed E-state index contributed by atoms with van der Waals surface area (Å²) < 4.78 is 5.11. The number of rotatable bonds is 7. The Morgan fingerprint density at radius 2 is 2.12 bits per heavy atom. The summed E-state index contributed by atoms with van der Waals surface area (Å²) >= 11 is 1.87. The second kappa shape index (κ2) is 7.27. The quantitative estimate of drug-likeness (QED) is 0.713. The van der Waals surface area contributed by atoms with E-state index in [2.05, 4.69) is 5.32 Å². The molecule has 1 saturated carbocycles. The zero-order valence-corrected chi connectivity index (χ0v) is 12.1. The van der Waals surface area contributed by atoms with Crippen LogP contribution in [0.3, 0.4) is 0 Å². The van der Waals surface area contributed by atoms with Crippen molar-refractivity contribution in [2.24, 2.45) is 5.92 Å². The zero-order chi connectivity index (χ0) is 12.7. The van der Waals surface area contributed by atoms with Crippen LogP contribution in [-0.2, 0) is 9.53 Å². The number of hydrogen-bond acceptors (Lipinski definition) is 4. The van der Waals surface area contributed by atoms with Crippen LogP contribution in [0.4, 0.5) is 0 Å². The van der Waals surface area contributed by atoms with Gasteiger partial charge in [-0.2, -0.15) is 11.8 Å². The minimum absolute atomic E-state index is 0.138. The van der Waals surface area contributed by atoms with Gasteiger partial charge in [-0.15, -0.1) is 0 Å². The highest BCUT2D eigenvalue weighted by Crippen LogP contribution is 2.29. The molecule has 1 atom stereocenters. The van der Waals surface area contributed by atoms with E-state index in [4.69, 9.17) is 4.74 Å². The fraction of sp³-hybridized carbons (Fsp3) is 0.923. The minimum atomic E-state index is -0.542. The van der Waals surface area contributed by atoms with Crippen LogP contribution in [0.5, 0.6) is 0 Å². The molecule has 4 heteroatoms. The van der Waals surface area contributed by atoms with E-state index in [9.17, 15) is 4.79 Å². The number of carbonyl (C=O) groups is 1. The lowest BCUT2D eigenvalue weighted by atomic mass is 10.1. The largest absolute Gasteiger partial charge is 0.465 e. The Morgan fingerprint density at radius 3 is 2.65 bits per heavy atom. The molecule has 0 bridgehead atoms. The molecule has 0 aromatic carbocycles. The molecule has 1 rings (SSSR count). The molecule has 1 N–H and O–H groups in total. The van der Waals surface area contributed by atoms with E-state index in [-0.39, 0.29) is 5.97 Å². The third-order valence-corrected chi connectivity index (χ3v) is 4.99. The van der Waals surface area contributed by atoms with E-state index in [0.29, 0.717) is 6.61 Å². The number of ether oxygens (including phenoxy) is 1. The second-order valence-electron chi connectivity index (χ2n) is 4.97. The van der Waals surface area contributed by atoms with Crippen LogP contribution >= 0.6 is 11.8 Å². The summed E-state index contributed by atoms with van der Waals surface area (Å²) in [6, 6.07) is 0. The lowest BCUT2D eigenvalue weighted by molar-refractivity contribution is -0.149. The average Bonchev–Trinajstić information content (AvgIpc) is 2.82. The summed E-state index contributed by atoms with van der Waals surface area (Å²) in [4.78, 5) is 11.8. The van der Waals surface area contributed by atoms with Crippen LogP contribution < -0.4 is 5.32 Å². The van der Waals surface area contributed by atoms with Gasteiger partial charge in [0.25, 0.3) is 0 Å². The van der Waals surface area contributed by atoms with Gasteiger partial charge in [-0.1, -0.05) is 12.8 Å². The topological polar surface area (TPSA) is 38.3 Å². The van der Waals surface area contributed by atoms with Gasteiger partial charge < -0.3 is 10.1 Å². The maximum atomic E-state index is 11.8. The van der Waals surface area contributed by atoms with Gasteiger partial charge in [-0.05, 0) is 45.4 Å². The second-order valence-corrected chi connectivity index (χ2v) is 6.00. The summed E-state index contributed by atoms with van der Waals surface area (Å²) in [6.07, 6.45) is 5.49. The number of esters is 1. The normalized spacial score (nSPS) is 20.2. The molecule has 0 aromatic rings. The molecule has 100 valence electrons. The van der Waals surface area contributed by atoms with E-state index >= 15 is 0 Å². The molecule has 0 spiro atoms. The Bertz CT molecular complexity index is 242. The summed E-state index contributed by atoms with van der Waals surface area (Å²) in [5.41, 5.74) is -0.542. The first-order chi connectivity index (χ1) is 8.12. The number of nitrogens with one attached hydrogen (secondary N) is 1. The van der Waals surface area contributed by atoms with E-state index in [0.717, 1.165) is 11.7 Å². The van der Waals surface area contributed by atoms with E-state index in [1.807, 2.05) is 32.7 Å². The van der Waals surface area contributed by atoms with Crippen molar-refractivity contribution in [3.8, 4) is 0 Å². The standard InChI is InChI=1S/C13H25NO2S/c1-4-16-12(15)13(2,14-3)10-17-9-11-7-5-6-8-11/h11,14H,4-10H2,1-3H3. The van der Waals surface area contributed by atoms with Crippen molar-refractivity contribution in [1.29, 1.82) is 0 Å². The van der Waals surface area contributed by atoms with Crippen LogP contribution in [-0.4, -0.2) is 36.7 Å². The first kappa shape index (κ1) is 14.8. The predicted octanol–water partition coefficient (Wildman–Crippen LogP) is 2.45. The molecule has 1 aliphatic carbocycles. The Hall–Kier alpha value is -0.220. The number of likely N-dealkylation sites (N-methyl/N-ethyl adjacent to an activating group) is 1. The van der Waals surface area contributed by atoms with Gasteiger partial charge in [-0.3, -0.25) is 4.79 Å². The van der Waals surface area contributed by atoms with Crippen molar-refractivity contribution in [1.82, 2.24) is 5.32 Å². The van der Waals surface area contributed by atoms with Crippen LogP contribution in [0.2, 0.25) is 0 Å². The molecule has 1 aliphatic rings. The lowest BCUT2D eigenvalue weighted by Crippen LogP contribution is -2.51. The van der Waals surface area contributed by atoms with Gasteiger partial charge in [0, 0.05) is 5.75 Å². The highest BCUT2D eigenvalue weighted by Gasteiger charge is 2.33. The minimum Gasteiger partial charge on any atom is -0.465 e. The molecule has 0 aromatic heterocycles. The number of hydrogen-bond donors (Lipinski definition) is 1. The Labute approximate surface area is 109 Å². The average molecular weight is 259 g/mol. The summed E-state index contributed by atoms with van der Waals surface area (Å²) in [6.45, 7) is 4.22. The SMILES string of the molecule is CCOC(=O)C(C)(CSCC1CCCC1)NC. The van der Waals surface area contributed by atoms with Gasteiger partial charge in [-0.25, -0.2) is 0 Å². The molecule has 0 saturated heterocycles. The molecule has 0 radical (unpaired) electrons. The molecule has 1 unspecified atom stereocenters. The zero-order valence-electron chi connectivity index (χ0n) is 11.3. The van der Waals surface area contributed by atoms with Crippen molar-refractivity contribution < 1.29 is 9.53 Å². The molecular formula is C13H25NO2S. The van der Waals surface area contributed by atoms with Crippen molar-refractivity contribution in [3.63, 3.8) is 0 Å². The summed E-state index contributed by atoms with van der Waals surface area (Å²) in [5.74, 6) is 2.69. The fourth-order valence-corrected chi connectivity index (χ4v) is 3.59. The molecule has 1 fully saturated rings. The number of carbonyl (C=O) groups excluding carboxylic acids is 1. The number of thioether (sulfide) groups is 1. The fourth-order valence-electron chi connectivity index (χ4n) is 2.13. The van der Waals surface area contributed by atoms with E-state index in [1.165, 1.54) is 31.4 Å². The van der Waals surface area contributed by atoms with Crippen LogP contribution in [0.15, 0.2) is 0 Å². The Kier molecular flexibility index (Phi) is 6.34. The monoisotopic (exact) mass is 259 g/mol. The van der Waals surface area contributed by atoms with Gasteiger partial charge >= 0.3 is 5.97 Å². The van der Waals surface area contributed by atoms with Crippen molar-refractivity contribution in [2.75, 3.05) is 25.2 Å². The maximum absolute atomic E-state index is 11.8. The van der Waals surface area contributed by atoms with E-state index < -0.39 is 5.54 Å². The highest BCUT2D eigenvalue weighted by molar-refractivity contribution is 7.99. The predicted molar refractivity (Wildman–Crippen MR) is 73.4 cm³/mol. The summed E-state index contributed by atoms with van der Waals surface area (Å²) in [7, 11) is 1.83. The summed E-state index contributed by atoms with van der Waals surface area (Å²) in [5, 5.41) is 3.09. The van der Waals surface area contributed by atoms with Gasteiger partial charge in [0.15, 0.2) is 0 Å². The first-order valence-electron chi connectivity index (χ1n) is 6.56. The van der Waals surface area contributed by atoms with Crippen molar-refractivity contribution in [2.45, 2.75) is 45.1 Å². The Morgan fingerprint density at radius 1 is 1.47 bits per heavy atom. The molecule has 0 heterocycles. The van der Waals surface area contributed by atoms with Gasteiger partial charge in [0.2, 0.25) is 0 Å². The third-order valence-electron chi connectivity index (χ3n) is 3.50. The smallest absolute Gasteiger partial charge is 0.326 e. The Balaban J connectivity index is 2.31. The highest BCUT2D eigenvalue weighted by atomic mass is 32.2. The van der Waals surface area contributed by atoms with Crippen molar-refractivity contribution >= 4 is 17.7 Å². The van der Waals surface area contributed by atoms with Crippen LogP contribution in [0, 0.1) is 5.92 Å². The van der Waals surface area contributed by atoms with Gasteiger partial charge in [0.1, 0.15) is 5.54 Å². The van der Waals surface area contributed by atoms with Gasteiger partial charge in [0.05, 0.1) is 6.61 Å². The lowest BCUT2D eigenvalue weighted by Gasteiger charge is -2.26. The van der Waals surface area contributed by atoms with Crippen LogP contribution in [0.1, 0.15) is 39.5 Å². The van der Waals surface area contributed by atoms with E-state index in [1.54, 1.807) is 0 Å². The third kappa shape index (κ3) is 4.51. The first-order valence-corrected chi connectivity index (χ1v) is 7.71. The maximum Gasteiger partial charge on any atom is 0.326 e. The molecular weight excluding hydrogens is 234 g/mol. The molecule has 0 amide bonds. The molecule has 17 heavy (non-hydrogen) atoms. The molecule has 0 aliphatic heterocycles. The van der Waals surface area contributed by atoms with Crippen molar-refractivity contribution in [3.05, 3.63) is 0 Å². The van der Waals surface area contributed by atoms with Crippen LogP contribution in [0.25, 0.3) is 0 Å². The molecule has 3 nitrogen and oxygen atoms in total.